The molecule has 0 spiro atoms. The van der Waals surface area contributed by atoms with Crippen molar-refractivity contribution in [2.75, 3.05) is 39.3 Å². The van der Waals surface area contributed by atoms with E-state index in [-0.39, 0.29) is 5.91 Å². The SMILES string of the molecule is O=C(c1cc2cccc(OCCCN3CC=C(c4ccc5ccccc5c4)CC3)c2o1)N1CCCC1. The maximum atomic E-state index is 12.7. The van der Waals surface area contributed by atoms with Gasteiger partial charge in [0.05, 0.1) is 6.61 Å². The van der Waals surface area contributed by atoms with Crippen molar-refractivity contribution in [1.82, 2.24) is 9.80 Å². The Bertz CT molecular complexity index is 1410. The first kappa shape index (κ1) is 22.9. The Morgan fingerprint density at radius 1 is 0.889 bits per heavy atom. The summed E-state index contributed by atoms with van der Waals surface area (Å²) in [5.41, 5.74) is 3.45. The number of para-hydroxylation sites is 1. The molecule has 3 aromatic carbocycles. The van der Waals surface area contributed by atoms with Crippen molar-refractivity contribution in [3.63, 3.8) is 0 Å². The van der Waals surface area contributed by atoms with Crippen molar-refractivity contribution in [2.24, 2.45) is 0 Å². The van der Waals surface area contributed by atoms with Gasteiger partial charge in [-0.1, -0.05) is 54.6 Å². The number of nitrogens with zero attached hydrogens (tertiary/aromatic N) is 2. The third-order valence-electron chi connectivity index (χ3n) is 7.40. The second-order valence-corrected chi connectivity index (χ2v) is 9.83. The zero-order valence-corrected chi connectivity index (χ0v) is 20.6. The number of ether oxygens (including phenoxy) is 1. The first-order valence-electron chi connectivity index (χ1n) is 13.1. The van der Waals surface area contributed by atoms with E-state index in [0.717, 1.165) is 63.8 Å². The lowest BCUT2D eigenvalue weighted by molar-refractivity contribution is 0.0763. The number of rotatable bonds is 7. The van der Waals surface area contributed by atoms with Gasteiger partial charge in [0, 0.05) is 38.1 Å². The number of fused-ring (bicyclic) bond motifs is 2. The fourth-order valence-corrected chi connectivity index (χ4v) is 5.37. The predicted molar refractivity (Wildman–Crippen MR) is 144 cm³/mol. The summed E-state index contributed by atoms with van der Waals surface area (Å²) in [6.07, 6.45) is 6.52. The first-order valence-corrected chi connectivity index (χ1v) is 13.1. The van der Waals surface area contributed by atoms with E-state index in [0.29, 0.717) is 23.7 Å². The molecule has 2 aliphatic heterocycles. The Morgan fingerprint density at radius 2 is 1.72 bits per heavy atom. The summed E-state index contributed by atoms with van der Waals surface area (Å²) in [6, 6.07) is 23.0. The molecule has 2 aliphatic rings. The minimum absolute atomic E-state index is 0.0177. The molecule has 36 heavy (non-hydrogen) atoms. The molecule has 3 heterocycles. The predicted octanol–water partition coefficient (Wildman–Crippen LogP) is 6.38. The number of carbonyl (C=O) groups excluding carboxylic acids is 1. The number of furan rings is 1. The molecule has 0 bridgehead atoms. The van der Waals surface area contributed by atoms with E-state index in [9.17, 15) is 4.79 Å². The van der Waals surface area contributed by atoms with Crippen molar-refractivity contribution in [1.29, 1.82) is 0 Å². The number of likely N-dealkylation sites (tertiary alicyclic amines) is 1. The smallest absolute Gasteiger partial charge is 0.289 e. The highest BCUT2D eigenvalue weighted by molar-refractivity contribution is 5.97. The van der Waals surface area contributed by atoms with E-state index in [4.69, 9.17) is 9.15 Å². The molecule has 4 aromatic rings. The quantitative estimate of drug-likeness (QED) is 0.288. The van der Waals surface area contributed by atoms with Crippen LogP contribution < -0.4 is 4.74 Å². The Morgan fingerprint density at radius 3 is 2.56 bits per heavy atom. The molecular weight excluding hydrogens is 448 g/mol. The Hall–Kier alpha value is -3.57. The van der Waals surface area contributed by atoms with Crippen LogP contribution in [0.4, 0.5) is 0 Å². The second-order valence-electron chi connectivity index (χ2n) is 9.83. The van der Waals surface area contributed by atoms with Crippen LogP contribution in [0.3, 0.4) is 0 Å². The van der Waals surface area contributed by atoms with Crippen LogP contribution in [0, 0.1) is 0 Å². The third kappa shape index (κ3) is 4.76. The third-order valence-corrected chi connectivity index (χ3v) is 7.40. The number of carbonyl (C=O) groups is 1. The zero-order chi connectivity index (χ0) is 24.3. The van der Waals surface area contributed by atoms with Gasteiger partial charge >= 0.3 is 0 Å². The summed E-state index contributed by atoms with van der Waals surface area (Å²) in [7, 11) is 0. The summed E-state index contributed by atoms with van der Waals surface area (Å²) >= 11 is 0. The standard InChI is InChI=1S/C31H32N2O3/c34-31(33-16-3-4-17-33)29-22-27-9-5-10-28(30(27)36-29)35-20-6-15-32-18-13-24(14-19-32)26-12-11-23-7-1-2-8-25(23)21-26/h1-2,5,7-13,21-22H,3-4,6,14-20H2. The highest BCUT2D eigenvalue weighted by Crippen LogP contribution is 2.30. The molecule has 0 aliphatic carbocycles. The fraction of sp³-hybridized carbons (Fsp3) is 0.323. The largest absolute Gasteiger partial charge is 0.490 e. The molecule has 1 fully saturated rings. The second kappa shape index (κ2) is 10.2. The topological polar surface area (TPSA) is 45.9 Å². The number of benzene rings is 3. The fourth-order valence-electron chi connectivity index (χ4n) is 5.37. The molecule has 184 valence electrons. The van der Waals surface area contributed by atoms with Crippen LogP contribution in [-0.4, -0.2) is 55.0 Å². The van der Waals surface area contributed by atoms with E-state index in [1.54, 1.807) is 0 Å². The van der Waals surface area contributed by atoms with Crippen molar-refractivity contribution in [3.8, 4) is 5.75 Å². The molecule has 0 atom stereocenters. The van der Waals surface area contributed by atoms with Gasteiger partial charge in [-0.05, 0) is 65.8 Å². The monoisotopic (exact) mass is 480 g/mol. The number of hydrogen-bond donors (Lipinski definition) is 0. The van der Waals surface area contributed by atoms with Crippen LogP contribution >= 0.6 is 0 Å². The van der Waals surface area contributed by atoms with Gasteiger partial charge in [-0.2, -0.15) is 0 Å². The number of amides is 1. The van der Waals surface area contributed by atoms with E-state index in [2.05, 4.69) is 53.4 Å². The molecular formula is C31H32N2O3. The van der Waals surface area contributed by atoms with Gasteiger partial charge in [-0.3, -0.25) is 9.69 Å². The molecule has 0 N–H and O–H groups in total. The van der Waals surface area contributed by atoms with Crippen LogP contribution in [0.25, 0.3) is 27.3 Å². The minimum Gasteiger partial charge on any atom is -0.490 e. The molecule has 0 unspecified atom stereocenters. The van der Waals surface area contributed by atoms with Gasteiger partial charge in [0.15, 0.2) is 17.1 Å². The molecule has 0 saturated carbocycles. The molecule has 5 heteroatoms. The first-order chi connectivity index (χ1) is 17.7. The van der Waals surface area contributed by atoms with E-state index >= 15 is 0 Å². The average Bonchev–Trinajstić information content (AvgIpc) is 3.62. The van der Waals surface area contributed by atoms with Gasteiger partial charge in [-0.15, -0.1) is 0 Å². The van der Waals surface area contributed by atoms with Crippen molar-refractivity contribution in [2.45, 2.75) is 25.7 Å². The molecule has 6 rings (SSSR count). The minimum atomic E-state index is -0.0177. The lowest BCUT2D eigenvalue weighted by atomic mass is 9.97. The maximum Gasteiger partial charge on any atom is 0.289 e. The van der Waals surface area contributed by atoms with Crippen LogP contribution in [0.15, 0.2) is 77.2 Å². The maximum absolute atomic E-state index is 12.7. The van der Waals surface area contributed by atoms with Gasteiger partial charge in [0.2, 0.25) is 0 Å². The molecule has 1 aromatic heterocycles. The van der Waals surface area contributed by atoms with Crippen molar-refractivity contribution < 1.29 is 13.9 Å². The number of hydrogen-bond acceptors (Lipinski definition) is 4. The van der Waals surface area contributed by atoms with Crippen LogP contribution in [0.1, 0.15) is 41.8 Å². The normalized spacial score (nSPS) is 16.6. The molecule has 5 nitrogen and oxygen atoms in total. The highest BCUT2D eigenvalue weighted by atomic mass is 16.5. The Labute approximate surface area is 211 Å². The lowest BCUT2D eigenvalue weighted by Gasteiger charge is -2.26. The summed E-state index contributed by atoms with van der Waals surface area (Å²) in [5, 5.41) is 3.51. The van der Waals surface area contributed by atoms with Crippen LogP contribution in [-0.2, 0) is 0 Å². The Balaban J connectivity index is 1.02. The Kier molecular flexibility index (Phi) is 6.48. The van der Waals surface area contributed by atoms with Gasteiger partial charge < -0.3 is 14.1 Å². The van der Waals surface area contributed by atoms with Gasteiger partial charge in [0.25, 0.3) is 5.91 Å². The van der Waals surface area contributed by atoms with Gasteiger partial charge in [-0.25, -0.2) is 0 Å². The summed E-state index contributed by atoms with van der Waals surface area (Å²) in [4.78, 5) is 17.1. The van der Waals surface area contributed by atoms with Crippen LogP contribution in [0.2, 0.25) is 0 Å². The average molecular weight is 481 g/mol. The lowest BCUT2D eigenvalue weighted by Crippen LogP contribution is -2.30. The summed E-state index contributed by atoms with van der Waals surface area (Å²) < 4.78 is 12.1. The van der Waals surface area contributed by atoms with Crippen molar-refractivity contribution in [3.05, 3.63) is 84.1 Å². The summed E-state index contributed by atoms with van der Waals surface area (Å²) in [5.74, 6) is 1.10. The van der Waals surface area contributed by atoms with Crippen LogP contribution in [0.5, 0.6) is 5.75 Å². The zero-order valence-electron chi connectivity index (χ0n) is 20.6. The molecule has 1 saturated heterocycles. The molecule has 0 radical (unpaired) electrons. The van der Waals surface area contributed by atoms with E-state index in [1.807, 2.05) is 29.2 Å². The highest BCUT2D eigenvalue weighted by Gasteiger charge is 2.23. The molecule has 1 amide bonds. The summed E-state index contributed by atoms with van der Waals surface area (Å²) in [6.45, 7) is 5.27. The van der Waals surface area contributed by atoms with E-state index in [1.165, 1.54) is 21.9 Å². The van der Waals surface area contributed by atoms with Gasteiger partial charge in [0.1, 0.15) is 0 Å². The van der Waals surface area contributed by atoms with E-state index < -0.39 is 0 Å². The van der Waals surface area contributed by atoms with Crippen molar-refractivity contribution >= 4 is 33.2 Å².